The molecule has 1 aliphatic rings. The molecule has 3 aromatic rings. The first-order valence-corrected chi connectivity index (χ1v) is 9.57. The molecule has 2 N–H and O–H groups in total. The highest BCUT2D eigenvalue weighted by molar-refractivity contribution is 5.81. The molecule has 1 aliphatic heterocycles. The first kappa shape index (κ1) is 17.2. The van der Waals surface area contributed by atoms with Crippen LogP contribution in [0.3, 0.4) is 0 Å². The van der Waals surface area contributed by atoms with Crippen molar-refractivity contribution in [3.8, 4) is 0 Å². The van der Waals surface area contributed by atoms with Gasteiger partial charge in [0.25, 0.3) is 0 Å². The molecule has 1 saturated heterocycles. The van der Waals surface area contributed by atoms with Crippen LogP contribution in [-0.4, -0.2) is 38.7 Å². The Hall–Kier alpha value is -2.18. The predicted octanol–water partition coefficient (Wildman–Crippen LogP) is 3.22. The van der Waals surface area contributed by atoms with Crippen molar-refractivity contribution < 1.29 is 4.74 Å². The Labute approximate surface area is 153 Å². The molecule has 3 atom stereocenters. The molecule has 1 fully saturated rings. The molecule has 6 heteroatoms. The maximum atomic E-state index is 6.02. The van der Waals surface area contributed by atoms with Crippen LogP contribution < -0.4 is 5.32 Å². The normalized spacial score (nSPS) is 21.5. The molecule has 1 unspecified atom stereocenters. The quantitative estimate of drug-likeness (QED) is 0.684. The number of nitrogens with zero attached hydrogens (tertiary/aromatic N) is 3. The van der Waals surface area contributed by atoms with Gasteiger partial charge in [0.2, 0.25) is 0 Å². The molecule has 26 heavy (non-hydrogen) atoms. The van der Waals surface area contributed by atoms with Gasteiger partial charge in [0.05, 0.1) is 11.2 Å². The zero-order chi connectivity index (χ0) is 17.9. The molecule has 138 valence electrons. The van der Waals surface area contributed by atoms with Gasteiger partial charge in [0.15, 0.2) is 0 Å². The second-order valence-electron chi connectivity index (χ2n) is 7.08. The number of para-hydroxylation sites is 1. The summed E-state index contributed by atoms with van der Waals surface area (Å²) in [4.78, 5) is 0. The van der Waals surface area contributed by atoms with Gasteiger partial charge in [-0.05, 0) is 45.2 Å². The molecule has 6 nitrogen and oxygen atoms in total. The van der Waals surface area contributed by atoms with Crippen LogP contribution >= 0.6 is 0 Å². The maximum Gasteiger partial charge on any atom is 0.114 e. The zero-order valence-electron chi connectivity index (χ0n) is 15.5. The standard InChI is InChI=1S/C20H27N5O/c1-3-25-19(10-12-21-25)20-18(11-13-26-20)22-14(2)8-9-17-15-6-4-5-7-16(15)23-24-17/h4-7,10,12,14,18,20,22H,3,8-9,11,13H2,1-2H3,(H,23,24)/t14?,18-,20-/m0/s1. The Morgan fingerprint density at radius 1 is 1.35 bits per heavy atom. The van der Waals surface area contributed by atoms with Crippen molar-refractivity contribution in [3.63, 3.8) is 0 Å². The molecule has 0 amide bonds. The van der Waals surface area contributed by atoms with Crippen LogP contribution in [-0.2, 0) is 17.7 Å². The number of benzene rings is 1. The number of aromatic amines is 1. The van der Waals surface area contributed by atoms with Crippen molar-refractivity contribution in [2.24, 2.45) is 0 Å². The van der Waals surface area contributed by atoms with Gasteiger partial charge < -0.3 is 10.1 Å². The van der Waals surface area contributed by atoms with E-state index in [4.69, 9.17) is 4.74 Å². The number of nitrogens with one attached hydrogen (secondary N) is 2. The SMILES string of the molecule is CCn1nccc1[C@H]1OCC[C@@H]1NC(C)CCc1[nH]nc2ccccc12. The summed E-state index contributed by atoms with van der Waals surface area (Å²) in [6.45, 7) is 6.04. The van der Waals surface area contributed by atoms with Crippen molar-refractivity contribution in [3.05, 3.63) is 47.9 Å². The van der Waals surface area contributed by atoms with Crippen molar-refractivity contribution in [1.82, 2.24) is 25.3 Å². The van der Waals surface area contributed by atoms with Crippen LogP contribution in [0, 0.1) is 0 Å². The van der Waals surface area contributed by atoms with E-state index >= 15 is 0 Å². The summed E-state index contributed by atoms with van der Waals surface area (Å²) in [6, 6.07) is 11.1. The highest BCUT2D eigenvalue weighted by Crippen LogP contribution is 2.29. The zero-order valence-corrected chi connectivity index (χ0v) is 15.5. The topological polar surface area (TPSA) is 67.8 Å². The van der Waals surface area contributed by atoms with E-state index in [0.29, 0.717) is 12.1 Å². The number of fused-ring (bicyclic) bond motifs is 1. The van der Waals surface area contributed by atoms with Crippen molar-refractivity contribution in [2.75, 3.05) is 6.61 Å². The minimum atomic E-state index is 0.0906. The van der Waals surface area contributed by atoms with Gasteiger partial charge in [-0.25, -0.2) is 0 Å². The Kier molecular flexibility index (Phi) is 5.04. The average molecular weight is 353 g/mol. The summed E-state index contributed by atoms with van der Waals surface area (Å²) < 4.78 is 8.06. The van der Waals surface area contributed by atoms with Crippen molar-refractivity contribution >= 4 is 10.9 Å². The molecule has 0 spiro atoms. The lowest BCUT2D eigenvalue weighted by atomic mass is 10.0. The number of hydrogen-bond acceptors (Lipinski definition) is 4. The van der Waals surface area contributed by atoms with E-state index in [0.717, 1.165) is 37.9 Å². The van der Waals surface area contributed by atoms with E-state index in [1.54, 1.807) is 0 Å². The second kappa shape index (κ2) is 7.60. The van der Waals surface area contributed by atoms with Gasteiger partial charge in [0, 0.05) is 42.5 Å². The first-order valence-electron chi connectivity index (χ1n) is 9.57. The Balaban J connectivity index is 1.37. The monoisotopic (exact) mass is 353 g/mol. The van der Waals surface area contributed by atoms with Gasteiger partial charge in [0.1, 0.15) is 6.10 Å². The van der Waals surface area contributed by atoms with Gasteiger partial charge in [-0.2, -0.15) is 10.2 Å². The minimum absolute atomic E-state index is 0.0906. The first-order chi connectivity index (χ1) is 12.8. The Morgan fingerprint density at radius 2 is 2.23 bits per heavy atom. The van der Waals surface area contributed by atoms with E-state index in [9.17, 15) is 0 Å². The lowest BCUT2D eigenvalue weighted by Gasteiger charge is -2.24. The fourth-order valence-corrected chi connectivity index (χ4v) is 3.92. The molecule has 0 aliphatic carbocycles. The fraction of sp³-hybridized carbons (Fsp3) is 0.500. The molecular weight excluding hydrogens is 326 g/mol. The summed E-state index contributed by atoms with van der Waals surface area (Å²) in [5, 5.41) is 17.0. The van der Waals surface area contributed by atoms with Gasteiger partial charge in [-0.1, -0.05) is 18.2 Å². The number of hydrogen-bond donors (Lipinski definition) is 2. The third-order valence-electron chi connectivity index (χ3n) is 5.30. The second-order valence-corrected chi connectivity index (χ2v) is 7.08. The molecule has 0 bridgehead atoms. The highest BCUT2D eigenvalue weighted by atomic mass is 16.5. The summed E-state index contributed by atoms with van der Waals surface area (Å²) in [6.07, 6.45) is 5.04. The number of H-pyrrole nitrogens is 1. The van der Waals surface area contributed by atoms with Crippen molar-refractivity contribution in [1.29, 1.82) is 0 Å². The summed E-state index contributed by atoms with van der Waals surface area (Å²) >= 11 is 0. The molecule has 1 aromatic carbocycles. The Morgan fingerprint density at radius 3 is 3.12 bits per heavy atom. The molecule has 0 radical (unpaired) electrons. The maximum absolute atomic E-state index is 6.02. The highest BCUT2D eigenvalue weighted by Gasteiger charge is 2.32. The lowest BCUT2D eigenvalue weighted by molar-refractivity contribution is 0.0892. The Bertz CT molecular complexity index is 855. The number of rotatable bonds is 7. The van der Waals surface area contributed by atoms with Crippen LogP contribution in [0.4, 0.5) is 0 Å². The van der Waals surface area contributed by atoms with Crippen LogP contribution in [0.2, 0.25) is 0 Å². The summed E-state index contributed by atoms with van der Waals surface area (Å²) in [5.74, 6) is 0. The number of ether oxygens (including phenoxy) is 1. The number of aryl methyl sites for hydroxylation is 2. The third kappa shape index (κ3) is 3.39. The molecule has 2 aromatic heterocycles. The van der Waals surface area contributed by atoms with E-state index in [2.05, 4.69) is 52.7 Å². The molecule has 0 saturated carbocycles. The van der Waals surface area contributed by atoms with Crippen LogP contribution in [0.25, 0.3) is 10.9 Å². The predicted molar refractivity (Wildman–Crippen MR) is 102 cm³/mol. The summed E-state index contributed by atoms with van der Waals surface area (Å²) in [5.41, 5.74) is 3.44. The van der Waals surface area contributed by atoms with Gasteiger partial charge in [-0.3, -0.25) is 9.78 Å². The molecular formula is C20H27N5O. The summed E-state index contributed by atoms with van der Waals surface area (Å²) in [7, 11) is 0. The molecule has 3 heterocycles. The van der Waals surface area contributed by atoms with Crippen LogP contribution in [0.1, 0.15) is 44.2 Å². The van der Waals surface area contributed by atoms with E-state index < -0.39 is 0 Å². The van der Waals surface area contributed by atoms with E-state index in [-0.39, 0.29) is 6.10 Å². The molecule has 4 rings (SSSR count). The van der Waals surface area contributed by atoms with Gasteiger partial charge in [-0.15, -0.1) is 0 Å². The van der Waals surface area contributed by atoms with Crippen LogP contribution in [0.15, 0.2) is 36.5 Å². The average Bonchev–Trinajstić information content (AvgIpc) is 3.38. The van der Waals surface area contributed by atoms with Crippen LogP contribution in [0.5, 0.6) is 0 Å². The van der Waals surface area contributed by atoms with Gasteiger partial charge >= 0.3 is 0 Å². The lowest BCUT2D eigenvalue weighted by Crippen LogP contribution is -2.39. The van der Waals surface area contributed by atoms with Crippen molar-refractivity contribution in [2.45, 2.75) is 57.8 Å². The van der Waals surface area contributed by atoms with E-state index in [1.165, 1.54) is 16.8 Å². The smallest absolute Gasteiger partial charge is 0.114 e. The largest absolute Gasteiger partial charge is 0.370 e. The minimum Gasteiger partial charge on any atom is -0.370 e. The fourth-order valence-electron chi connectivity index (χ4n) is 3.92. The number of aromatic nitrogens is 4. The third-order valence-corrected chi connectivity index (χ3v) is 5.30. The van der Waals surface area contributed by atoms with E-state index in [1.807, 2.05) is 23.0 Å².